The van der Waals surface area contributed by atoms with E-state index in [-0.39, 0.29) is 5.91 Å². The first-order valence-corrected chi connectivity index (χ1v) is 7.37. The predicted octanol–water partition coefficient (Wildman–Crippen LogP) is 2.49. The number of anilines is 2. The SMILES string of the molecule is CC1CC1CN(C)c1cc2c(cc1Br)C(N)C(=O)N2. The third-order valence-electron chi connectivity index (χ3n) is 4.19. The van der Waals surface area contributed by atoms with Crippen LogP contribution in [0, 0.1) is 11.8 Å². The number of hydrogen-bond acceptors (Lipinski definition) is 3. The molecule has 1 aliphatic heterocycles. The van der Waals surface area contributed by atoms with Gasteiger partial charge in [-0.1, -0.05) is 6.92 Å². The number of carbonyl (C=O) groups excluding carboxylic acids is 1. The topological polar surface area (TPSA) is 58.4 Å². The maximum absolute atomic E-state index is 11.6. The first-order chi connectivity index (χ1) is 8.97. The number of benzene rings is 1. The van der Waals surface area contributed by atoms with E-state index in [0.29, 0.717) is 0 Å². The van der Waals surface area contributed by atoms with E-state index in [1.807, 2.05) is 12.1 Å². The molecule has 1 saturated carbocycles. The van der Waals surface area contributed by atoms with Crippen LogP contribution in [0.25, 0.3) is 0 Å². The van der Waals surface area contributed by atoms with E-state index in [0.717, 1.165) is 39.8 Å². The van der Waals surface area contributed by atoms with Crippen molar-refractivity contribution in [3.63, 3.8) is 0 Å². The van der Waals surface area contributed by atoms with Crippen LogP contribution in [0.4, 0.5) is 11.4 Å². The van der Waals surface area contributed by atoms with E-state index in [4.69, 9.17) is 5.73 Å². The number of rotatable bonds is 3. The van der Waals surface area contributed by atoms with Crippen molar-refractivity contribution >= 4 is 33.2 Å². The van der Waals surface area contributed by atoms with Gasteiger partial charge in [-0.15, -0.1) is 0 Å². The second-order valence-corrected chi connectivity index (χ2v) is 6.57. The van der Waals surface area contributed by atoms with Gasteiger partial charge in [-0.05, 0) is 46.3 Å². The number of amides is 1. The van der Waals surface area contributed by atoms with Crippen LogP contribution < -0.4 is 16.0 Å². The fourth-order valence-corrected chi connectivity index (χ4v) is 3.35. The van der Waals surface area contributed by atoms with Crippen molar-refractivity contribution in [3.05, 3.63) is 22.2 Å². The molecule has 4 nitrogen and oxygen atoms in total. The van der Waals surface area contributed by atoms with Gasteiger partial charge < -0.3 is 16.0 Å². The smallest absolute Gasteiger partial charge is 0.245 e. The molecule has 3 N–H and O–H groups in total. The highest BCUT2D eigenvalue weighted by atomic mass is 79.9. The number of nitrogens with zero attached hydrogens (tertiary/aromatic N) is 1. The summed E-state index contributed by atoms with van der Waals surface area (Å²) in [4.78, 5) is 13.8. The molecule has 0 saturated heterocycles. The van der Waals surface area contributed by atoms with E-state index in [2.05, 4.69) is 40.1 Å². The third-order valence-corrected chi connectivity index (χ3v) is 4.83. The highest BCUT2D eigenvalue weighted by molar-refractivity contribution is 9.10. The molecule has 1 aliphatic carbocycles. The summed E-state index contributed by atoms with van der Waals surface area (Å²) in [7, 11) is 2.09. The number of fused-ring (bicyclic) bond motifs is 1. The molecule has 1 amide bonds. The lowest BCUT2D eigenvalue weighted by Crippen LogP contribution is -2.21. The summed E-state index contributed by atoms with van der Waals surface area (Å²) in [6.07, 6.45) is 1.31. The minimum absolute atomic E-state index is 0.127. The van der Waals surface area contributed by atoms with Crippen LogP contribution in [0.1, 0.15) is 24.9 Å². The number of carbonyl (C=O) groups is 1. The third kappa shape index (κ3) is 2.25. The second kappa shape index (κ2) is 4.49. The van der Waals surface area contributed by atoms with Gasteiger partial charge in [-0.25, -0.2) is 0 Å². The van der Waals surface area contributed by atoms with Crippen LogP contribution in [0.3, 0.4) is 0 Å². The summed E-state index contributed by atoms with van der Waals surface area (Å²) in [5.41, 5.74) is 8.66. The lowest BCUT2D eigenvalue weighted by atomic mass is 10.1. The zero-order valence-corrected chi connectivity index (χ0v) is 12.7. The molecule has 102 valence electrons. The lowest BCUT2D eigenvalue weighted by molar-refractivity contribution is -0.116. The van der Waals surface area contributed by atoms with Gasteiger partial charge in [0.2, 0.25) is 5.91 Å². The molecule has 0 spiro atoms. The number of nitrogens with two attached hydrogens (primary N) is 1. The van der Waals surface area contributed by atoms with E-state index in [1.54, 1.807) is 0 Å². The Morgan fingerprint density at radius 1 is 1.53 bits per heavy atom. The van der Waals surface area contributed by atoms with Crippen molar-refractivity contribution in [2.75, 3.05) is 23.8 Å². The summed E-state index contributed by atoms with van der Waals surface area (Å²) in [5, 5.41) is 2.84. The Morgan fingerprint density at radius 3 is 2.84 bits per heavy atom. The largest absolute Gasteiger partial charge is 0.373 e. The van der Waals surface area contributed by atoms with Crippen molar-refractivity contribution in [3.8, 4) is 0 Å². The van der Waals surface area contributed by atoms with Crippen molar-refractivity contribution in [1.82, 2.24) is 0 Å². The molecule has 3 atom stereocenters. The summed E-state index contributed by atoms with van der Waals surface area (Å²) >= 11 is 3.59. The number of halogens is 1. The normalized spacial score (nSPS) is 28.0. The molecule has 0 bridgehead atoms. The highest BCUT2D eigenvalue weighted by Gasteiger charge is 2.34. The summed E-state index contributed by atoms with van der Waals surface area (Å²) in [5.74, 6) is 1.50. The van der Waals surface area contributed by atoms with Crippen LogP contribution in [-0.4, -0.2) is 19.5 Å². The molecule has 3 unspecified atom stereocenters. The van der Waals surface area contributed by atoms with Crippen LogP contribution in [-0.2, 0) is 4.79 Å². The van der Waals surface area contributed by atoms with Crippen molar-refractivity contribution in [2.24, 2.45) is 17.6 Å². The molecule has 3 rings (SSSR count). The van der Waals surface area contributed by atoms with Crippen LogP contribution in [0.15, 0.2) is 16.6 Å². The molecule has 0 aromatic heterocycles. The van der Waals surface area contributed by atoms with Gasteiger partial charge in [0.25, 0.3) is 0 Å². The Morgan fingerprint density at radius 2 is 2.21 bits per heavy atom. The van der Waals surface area contributed by atoms with E-state index >= 15 is 0 Å². The van der Waals surface area contributed by atoms with E-state index in [9.17, 15) is 4.79 Å². The molecule has 0 radical (unpaired) electrons. The molecular weight excluding hydrogens is 306 g/mol. The molecular formula is C14H18BrN3O. The summed E-state index contributed by atoms with van der Waals surface area (Å²) in [6, 6.07) is 3.42. The van der Waals surface area contributed by atoms with Crippen LogP contribution in [0.5, 0.6) is 0 Å². The molecule has 19 heavy (non-hydrogen) atoms. The maximum atomic E-state index is 11.6. The van der Waals surface area contributed by atoms with Gasteiger partial charge >= 0.3 is 0 Å². The maximum Gasteiger partial charge on any atom is 0.245 e. The quantitative estimate of drug-likeness (QED) is 0.898. The van der Waals surface area contributed by atoms with Gasteiger partial charge in [0, 0.05) is 29.3 Å². The average molecular weight is 324 g/mol. The standard InChI is InChI=1S/C14H18BrN3O/c1-7-3-8(7)6-18(2)12-5-11-9(4-10(12)15)13(16)14(19)17-11/h4-5,7-8,13H,3,6,16H2,1-2H3,(H,17,19). The summed E-state index contributed by atoms with van der Waals surface area (Å²) < 4.78 is 0.994. The molecule has 1 fully saturated rings. The van der Waals surface area contributed by atoms with Crippen LogP contribution >= 0.6 is 15.9 Å². The van der Waals surface area contributed by atoms with Gasteiger partial charge in [0.15, 0.2) is 0 Å². The zero-order valence-electron chi connectivity index (χ0n) is 11.1. The van der Waals surface area contributed by atoms with Crippen LogP contribution in [0.2, 0.25) is 0 Å². The fourth-order valence-electron chi connectivity index (χ4n) is 2.69. The Bertz CT molecular complexity index is 546. The van der Waals surface area contributed by atoms with E-state index < -0.39 is 6.04 Å². The zero-order chi connectivity index (χ0) is 13.7. The fraction of sp³-hybridized carbons (Fsp3) is 0.500. The van der Waals surface area contributed by atoms with Crippen molar-refractivity contribution in [1.29, 1.82) is 0 Å². The molecule has 2 aliphatic rings. The monoisotopic (exact) mass is 323 g/mol. The van der Waals surface area contributed by atoms with Gasteiger partial charge in [-0.2, -0.15) is 0 Å². The number of hydrogen-bond donors (Lipinski definition) is 2. The molecule has 1 aromatic carbocycles. The van der Waals surface area contributed by atoms with Gasteiger partial charge in [0.05, 0.1) is 5.69 Å². The van der Waals surface area contributed by atoms with Gasteiger partial charge in [-0.3, -0.25) is 4.79 Å². The Balaban J connectivity index is 1.87. The molecule has 5 heteroatoms. The van der Waals surface area contributed by atoms with Crippen molar-refractivity contribution < 1.29 is 4.79 Å². The first-order valence-electron chi connectivity index (χ1n) is 6.58. The lowest BCUT2D eigenvalue weighted by Gasteiger charge is -2.22. The Kier molecular flexibility index (Phi) is 3.06. The van der Waals surface area contributed by atoms with Crippen molar-refractivity contribution in [2.45, 2.75) is 19.4 Å². The minimum atomic E-state index is -0.547. The predicted molar refractivity (Wildman–Crippen MR) is 80.2 cm³/mol. The Hall–Kier alpha value is -1.07. The number of nitrogens with one attached hydrogen (secondary N) is 1. The van der Waals surface area contributed by atoms with Gasteiger partial charge in [0.1, 0.15) is 6.04 Å². The first kappa shape index (κ1) is 12.9. The average Bonchev–Trinajstić information content (AvgIpc) is 2.97. The Labute approximate surface area is 121 Å². The molecule has 1 aromatic rings. The van der Waals surface area contributed by atoms with E-state index in [1.165, 1.54) is 6.42 Å². The highest BCUT2D eigenvalue weighted by Crippen LogP contribution is 2.41. The summed E-state index contributed by atoms with van der Waals surface area (Å²) in [6.45, 7) is 3.34. The molecule has 1 heterocycles. The minimum Gasteiger partial charge on any atom is -0.373 e. The second-order valence-electron chi connectivity index (χ2n) is 5.71.